The highest BCUT2D eigenvalue weighted by atomic mass is 127. The van der Waals surface area contributed by atoms with Crippen LogP contribution in [0.4, 0.5) is 0 Å². The van der Waals surface area contributed by atoms with Crippen LogP contribution in [0.5, 0.6) is 11.5 Å². The monoisotopic (exact) mass is 331 g/mol. The van der Waals surface area contributed by atoms with Crippen LogP contribution in [0.1, 0.15) is 16.7 Å². The van der Waals surface area contributed by atoms with Crippen molar-refractivity contribution in [2.75, 3.05) is 19.8 Å². The Morgan fingerprint density at radius 1 is 1.06 bits per heavy atom. The first-order valence-electron chi connectivity index (χ1n) is 5.64. The van der Waals surface area contributed by atoms with E-state index in [0.717, 1.165) is 44.0 Å². The molecule has 86 valence electrons. The van der Waals surface area contributed by atoms with Crippen LogP contribution >= 0.6 is 22.6 Å². The zero-order valence-electron chi connectivity index (χ0n) is 9.01. The third-order valence-electron chi connectivity index (χ3n) is 3.24. The lowest BCUT2D eigenvalue weighted by Crippen LogP contribution is -2.07. The highest BCUT2D eigenvalue weighted by molar-refractivity contribution is 14.1. The van der Waals surface area contributed by atoms with Gasteiger partial charge in [-0.15, -0.1) is 0 Å². The Hall–Kier alpha value is -0.490. The lowest BCUT2D eigenvalue weighted by Gasteiger charge is -2.14. The van der Waals surface area contributed by atoms with E-state index < -0.39 is 0 Å². The predicted molar refractivity (Wildman–Crippen MR) is 70.3 cm³/mol. The molecule has 3 nitrogen and oxygen atoms in total. The summed E-state index contributed by atoms with van der Waals surface area (Å²) in [4.78, 5) is 0. The first-order valence-corrected chi connectivity index (χ1v) is 6.72. The molecular weight excluding hydrogens is 317 g/mol. The van der Waals surface area contributed by atoms with Crippen molar-refractivity contribution in [3.8, 4) is 11.5 Å². The van der Waals surface area contributed by atoms with Crippen LogP contribution in [0.25, 0.3) is 0 Å². The highest BCUT2D eigenvalue weighted by Gasteiger charge is 2.29. The van der Waals surface area contributed by atoms with Crippen molar-refractivity contribution >= 4 is 22.6 Å². The second-order valence-corrected chi connectivity index (χ2v) is 5.22. The second-order valence-electron chi connectivity index (χ2n) is 4.14. The second kappa shape index (κ2) is 4.07. The normalized spacial score (nSPS) is 16.6. The fourth-order valence-corrected chi connectivity index (χ4v) is 3.55. The number of ether oxygens (including phenoxy) is 2. The van der Waals surface area contributed by atoms with E-state index in [4.69, 9.17) is 15.2 Å². The molecule has 1 aromatic carbocycles. The van der Waals surface area contributed by atoms with Crippen molar-refractivity contribution in [3.05, 3.63) is 20.3 Å². The summed E-state index contributed by atoms with van der Waals surface area (Å²) in [5, 5.41) is 0. The van der Waals surface area contributed by atoms with Crippen LogP contribution in [-0.4, -0.2) is 19.8 Å². The molecular formula is C12H14INO2. The minimum absolute atomic E-state index is 0.669. The Morgan fingerprint density at radius 3 is 2.50 bits per heavy atom. The van der Waals surface area contributed by atoms with Gasteiger partial charge < -0.3 is 15.2 Å². The molecule has 4 heteroatoms. The first kappa shape index (κ1) is 10.7. The number of benzene rings is 1. The number of halogens is 1. The van der Waals surface area contributed by atoms with Gasteiger partial charge in [-0.3, -0.25) is 0 Å². The van der Waals surface area contributed by atoms with Gasteiger partial charge in [0.1, 0.15) is 11.5 Å². The maximum atomic E-state index is 5.77. The number of fused-ring (bicyclic) bond motifs is 2. The highest BCUT2D eigenvalue weighted by Crippen LogP contribution is 2.44. The molecule has 16 heavy (non-hydrogen) atoms. The molecule has 0 spiro atoms. The SMILES string of the molecule is NCCc1c2c(c(I)c3c1OCC3)OCC2. The van der Waals surface area contributed by atoms with Crippen LogP contribution < -0.4 is 15.2 Å². The van der Waals surface area contributed by atoms with E-state index in [1.807, 2.05) is 0 Å². The molecule has 0 amide bonds. The molecule has 2 heterocycles. The molecule has 0 saturated heterocycles. The maximum absolute atomic E-state index is 5.77. The van der Waals surface area contributed by atoms with Crippen molar-refractivity contribution < 1.29 is 9.47 Å². The minimum atomic E-state index is 0.669. The Bertz CT molecular complexity index is 410. The molecule has 0 saturated carbocycles. The lowest BCUT2D eigenvalue weighted by atomic mass is 9.97. The third-order valence-corrected chi connectivity index (χ3v) is 4.38. The Kier molecular flexibility index (Phi) is 2.71. The minimum Gasteiger partial charge on any atom is -0.493 e. The summed E-state index contributed by atoms with van der Waals surface area (Å²) < 4.78 is 12.8. The maximum Gasteiger partial charge on any atom is 0.136 e. The van der Waals surface area contributed by atoms with Crippen LogP contribution in [-0.2, 0) is 19.3 Å². The van der Waals surface area contributed by atoms with Gasteiger partial charge >= 0.3 is 0 Å². The van der Waals surface area contributed by atoms with Gasteiger partial charge in [0.05, 0.1) is 16.8 Å². The van der Waals surface area contributed by atoms with Gasteiger partial charge in [-0.2, -0.15) is 0 Å². The molecule has 1 aromatic rings. The Labute approximate surface area is 108 Å². The smallest absolute Gasteiger partial charge is 0.136 e. The average Bonchev–Trinajstić information content (AvgIpc) is 2.92. The Morgan fingerprint density at radius 2 is 1.75 bits per heavy atom. The molecule has 0 bridgehead atoms. The molecule has 0 aliphatic carbocycles. The van der Waals surface area contributed by atoms with Crippen molar-refractivity contribution in [3.63, 3.8) is 0 Å². The Balaban J connectivity index is 2.23. The van der Waals surface area contributed by atoms with Crippen molar-refractivity contribution in [2.45, 2.75) is 19.3 Å². The number of hydrogen-bond acceptors (Lipinski definition) is 3. The van der Waals surface area contributed by atoms with Crippen molar-refractivity contribution in [1.29, 1.82) is 0 Å². The molecule has 0 aromatic heterocycles. The lowest BCUT2D eigenvalue weighted by molar-refractivity contribution is 0.353. The standard InChI is InChI=1S/C12H14INO2/c13-10-9-3-6-15-11(9)7(1-4-14)8-2-5-16-12(8)10/h1-6,14H2. The van der Waals surface area contributed by atoms with E-state index >= 15 is 0 Å². The summed E-state index contributed by atoms with van der Waals surface area (Å²) in [6.45, 7) is 2.26. The van der Waals surface area contributed by atoms with E-state index in [-0.39, 0.29) is 0 Å². The summed E-state index contributed by atoms with van der Waals surface area (Å²) in [5.41, 5.74) is 9.64. The summed E-state index contributed by atoms with van der Waals surface area (Å²) in [6, 6.07) is 0. The third kappa shape index (κ3) is 1.43. The van der Waals surface area contributed by atoms with E-state index in [1.54, 1.807) is 0 Å². The van der Waals surface area contributed by atoms with Gasteiger partial charge in [-0.25, -0.2) is 0 Å². The topological polar surface area (TPSA) is 44.5 Å². The van der Waals surface area contributed by atoms with Crippen molar-refractivity contribution in [1.82, 2.24) is 0 Å². The molecule has 3 rings (SSSR count). The zero-order chi connectivity index (χ0) is 11.1. The zero-order valence-corrected chi connectivity index (χ0v) is 11.2. The van der Waals surface area contributed by atoms with Gasteiger partial charge in [0.25, 0.3) is 0 Å². The molecule has 0 radical (unpaired) electrons. The van der Waals surface area contributed by atoms with Gasteiger partial charge in [0.15, 0.2) is 0 Å². The van der Waals surface area contributed by atoms with E-state index in [9.17, 15) is 0 Å². The van der Waals surface area contributed by atoms with E-state index in [1.165, 1.54) is 20.3 Å². The van der Waals surface area contributed by atoms with Crippen LogP contribution in [0, 0.1) is 3.57 Å². The van der Waals surface area contributed by atoms with E-state index in [2.05, 4.69) is 22.6 Å². The summed E-state index contributed by atoms with van der Waals surface area (Å²) in [5.74, 6) is 2.19. The molecule has 0 unspecified atom stereocenters. The molecule has 0 atom stereocenters. The van der Waals surface area contributed by atoms with Gasteiger partial charge in [0.2, 0.25) is 0 Å². The van der Waals surface area contributed by atoms with E-state index in [0.29, 0.717) is 6.54 Å². The predicted octanol–water partition coefficient (Wildman–Crippen LogP) is 1.66. The number of nitrogens with two attached hydrogens (primary N) is 1. The number of rotatable bonds is 2. The summed E-state index contributed by atoms with van der Waals surface area (Å²) >= 11 is 2.38. The fraction of sp³-hybridized carbons (Fsp3) is 0.500. The summed E-state index contributed by atoms with van der Waals surface area (Å²) in [6.07, 6.45) is 2.89. The van der Waals surface area contributed by atoms with Crippen molar-refractivity contribution in [2.24, 2.45) is 5.73 Å². The number of hydrogen-bond donors (Lipinski definition) is 1. The molecule has 2 aliphatic heterocycles. The van der Waals surface area contributed by atoms with Crippen LogP contribution in [0.3, 0.4) is 0 Å². The summed E-state index contributed by atoms with van der Waals surface area (Å²) in [7, 11) is 0. The molecule has 2 N–H and O–H groups in total. The molecule has 0 fully saturated rings. The first-order chi connectivity index (χ1) is 7.83. The van der Waals surface area contributed by atoms with Crippen LogP contribution in [0.15, 0.2) is 0 Å². The van der Waals surface area contributed by atoms with Gasteiger partial charge in [-0.05, 0) is 35.6 Å². The van der Waals surface area contributed by atoms with Crippen LogP contribution in [0.2, 0.25) is 0 Å². The fourth-order valence-electron chi connectivity index (χ4n) is 2.56. The quantitative estimate of drug-likeness (QED) is 0.839. The van der Waals surface area contributed by atoms with Gasteiger partial charge in [-0.1, -0.05) is 0 Å². The molecule has 2 aliphatic rings. The average molecular weight is 331 g/mol. The van der Waals surface area contributed by atoms with Gasteiger partial charge in [0, 0.05) is 29.5 Å². The largest absolute Gasteiger partial charge is 0.493 e.